The number of carbonyl (C=O) groups is 1. The minimum absolute atomic E-state index is 0.141. The molecule has 0 aliphatic carbocycles. The summed E-state index contributed by atoms with van der Waals surface area (Å²) in [5.74, 6) is 0.726. The zero-order valence-corrected chi connectivity index (χ0v) is 11.7. The van der Waals surface area contributed by atoms with E-state index < -0.39 is 0 Å². The van der Waals surface area contributed by atoms with E-state index in [-0.39, 0.29) is 5.91 Å². The Bertz CT molecular complexity index is 417. The summed E-state index contributed by atoms with van der Waals surface area (Å²) in [5.41, 5.74) is 1.86. The minimum Gasteiger partial charge on any atom is -0.380 e. The summed E-state index contributed by atoms with van der Waals surface area (Å²) in [6.45, 7) is 3.30. The van der Waals surface area contributed by atoms with Crippen LogP contribution in [-0.2, 0) is 11.3 Å². The Hall–Kier alpha value is -1.39. The van der Waals surface area contributed by atoms with Crippen molar-refractivity contribution in [3.05, 3.63) is 35.4 Å². The van der Waals surface area contributed by atoms with Gasteiger partial charge in [-0.1, -0.05) is 12.1 Å². The second-order valence-corrected chi connectivity index (χ2v) is 5.09. The van der Waals surface area contributed by atoms with E-state index >= 15 is 0 Å². The molecule has 0 bridgehead atoms. The number of nitrogens with zero attached hydrogens (tertiary/aromatic N) is 1. The third-order valence-corrected chi connectivity index (χ3v) is 3.58. The van der Waals surface area contributed by atoms with Gasteiger partial charge >= 0.3 is 0 Å². The van der Waals surface area contributed by atoms with Gasteiger partial charge in [-0.05, 0) is 43.6 Å². The van der Waals surface area contributed by atoms with Crippen LogP contribution in [0.4, 0.5) is 0 Å². The minimum atomic E-state index is 0.141. The molecule has 0 radical (unpaired) electrons. The molecule has 1 amide bonds. The van der Waals surface area contributed by atoms with Crippen LogP contribution >= 0.6 is 0 Å². The molecular formula is C15H22N2O2. The van der Waals surface area contributed by atoms with Crippen LogP contribution in [0.2, 0.25) is 0 Å². The van der Waals surface area contributed by atoms with Gasteiger partial charge in [-0.15, -0.1) is 0 Å². The molecule has 19 heavy (non-hydrogen) atoms. The third-order valence-electron chi connectivity index (χ3n) is 3.58. The Kier molecular flexibility index (Phi) is 4.93. The average molecular weight is 262 g/mol. The first kappa shape index (κ1) is 14.0. The smallest absolute Gasteiger partial charge is 0.253 e. The van der Waals surface area contributed by atoms with Crippen LogP contribution in [0.5, 0.6) is 0 Å². The standard InChI is InChI=1S/C15H22N2O2/c1-16-9-13-7-8-17(10-13)15(18)14-5-3-12(4-6-14)11-19-2/h3-6,13,16H,7-11H2,1-2H3. The number of hydrogen-bond acceptors (Lipinski definition) is 3. The second kappa shape index (κ2) is 6.68. The molecule has 1 N–H and O–H groups in total. The summed E-state index contributed by atoms with van der Waals surface area (Å²) in [5, 5.41) is 3.18. The molecule has 1 saturated heterocycles. The lowest BCUT2D eigenvalue weighted by atomic mass is 10.1. The lowest BCUT2D eigenvalue weighted by Gasteiger charge is -2.16. The number of ether oxygens (including phenoxy) is 1. The van der Waals surface area contributed by atoms with Crippen LogP contribution in [0.25, 0.3) is 0 Å². The van der Waals surface area contributed by atoms with Gasteiger partial charge in [-0.25, -0.2) is 0 Å². The Morgan fingerprint density at radius 3 is 2.79 bits per heavy atom. The maximum Gasteiger partial charge on any atom is 0.253 e. The van der Waals surface area contributed by atoms with Gasteiger partial charge in [0.2, 0.25) is 0 Å². The van der Waals surface area contributed by atoms with Crippen molar-refractivity contribution >= 4 is 5.91 Å². The molecule has 1 aromatic carbocycles. The van der Waals surface area contributed by atoms with E-state index in [1.54, 1.807) is 7.11 Å². The van der Waals surface area contributed by atoms with Crippen LogP contribution < -0.4 is 5.32 Å². The topological polar surface area (TPSA) is 41.6 Å². The predicted octanol–water partition coefficient (Wildman–Crippen LogP) is 1.51. The fourth-order valence-electron chi connectivity index (χ4n) is 2.57. The number of rotatable bonds is 5. The summed E-state index contributed by atoms with van der Waals surface area (Å²) in [7, 11) is 3.63. The predicted molar refractivity (Wildman–Crippen MR) is 75.1 cm³/mol. The molecule has 0 saturated carbocycles. The second-order valence-electron chi connectivity index (χ2n) is 5.09. The fraction of sp³-hybridized carbons (Fsp3) is 0.533. The maximum absolute atomic E-state index is 12.3. The van der Waals surface area contributed by atoms with E-state index in [9.17, 15) is 4.79 Å². The van der Waals surface area contributed by atoms with E-state index in [0.717, 1.165) is 37.2 Å². The number of benzene rings is 1. The van der Waals surface area contributed by atoms with Gasteiger partial charge in [0.25, 0.3) is 5.91 Å². The molecular weight excluding hydrogens is 240 g/mol. The zero-order valence-electron chi connectivity index (χ0n) is 11.7. The molecule has 2 rings (SSSR count). The van der Waals surface area contributed by atoms with Crippen molar-refractivity contribution in [2.45, 2.75) is 13.0 Å². The van der Waals surface area contributed by atoms with Crippen molar-refractivity contribution < 1.29 is 9.53 Å². The summed E-state index contributed by atoms with van der Waals surface area (Å²) < 4.78 is 5.07. The van der Waals surface area contributed by atoms with Gasteiger partial charge in [-0.3, -0.25) is 4.79 Å². The molecule has 104 valence electrons. The molecule has 1 fully saturated rings. The highest BCUT2D eigenvalue weighted by atomic mass is 16.5. The largest absolute Gasteiger partial charge is 0.380 e. The van der Waals surface area contributed by atoms with Gasteiger partial charge < -0.3 is 15.0 Å². The molecule has 0 aromatic heterocycles. The van der Waals surface area contributed by atoms with Gasteiger partial charge in [0.15, 0.2) is 0 Å². The molecule has 1 aromatic rings. The van der Waals surface area contributed by atoms with Crippen molar-refractivity contribution in [2.75, 3.05) is 33.8 Å². The van der Waals surface area contributed by atoms with Crippen molar-refractivity contribution in [1.82, 2.24) is 10.2 Å². The van der Waals surface area contributed by atoms with E-state index in [2.05, 4.69) is 5.32 Å². The van der Waals surface area contributed by atoms with Crippen molar-refractivity contribution in [3.8, 4) is 0 Å². The summed E-state index contributed by atoms with van der Waals surface area (Å²) in [6.07, 6.45) is 1.09. The lowest BCUT2D eigenvalue weighted by molar-refractivity contribution is 0.0787. The van der Waals surface area contributed by atoms with Crippen molar-refractivity contribution in [3.63, 3.8) is 0 Å². The molecule has 4 nitrogen and oxygen atoms in total. The van der Waals surface area contributed by atoms with Crippen LogP contribution in [-0.4, -0.2) is 44.6 Å². The molecule has 0 spiro atoms. The van der Waals surface area contributed by atoms with Crippen LogP contribution in [0.1, 0.15) is 22.3 Å². The third kappa shape index (κ3) is 3.55. The maximum atomic E-state index is 12.3. The van der Waals surface area contributed by atoms with Crippen LogP contribution in [0.3, 0.4) is 0 Å². The molecule has 1 unspecified atom stereocenters. The number of amides is 1. The average Bonchev–Trinajstić information content (AvgIpc) is 2.88. The highest BCUT2D eigenvalue weighted by Crippen LogP contribution is 2.18. The SMILES string of the molecule is CNCC1CCN(C(=O)c2ccc(COC)cc2)C1. The molecule has 1 aliphatic rings. The van der Waals surface area contributed by atoms with Gasteiger partial charge in [0, 0.05) is 25.8 Å². The van der Waals surface area contributed by atoms with E-state index in [0.29, 0.717) is 12.5 Å². The number of carbonyl (C=O) groups excluding carboxylic acids is 1. The normalized spacial score (nSPS) is 18.8. The van der Waals surface area contributed by atoms with Gasteiger partial charge in [0.1, 0.15) is 0 Å². The van der Waals surface area contributed by atoms with E-state index in [1.165, 1.54) is 0 Å². The van der Waals surface area contributed by atoms with Crippen LogP contribution in [0, 0.1) is 5.92 Å². The Labute approximate surface area is 114 Å². The van der Waals surface area contributed by atoms with Crippen molar-refractivity contribution in [1.29, 1.82) is 0 Å². The molecule has 1 aliphatic heterocycles. The van der Waals surface area contributed by atoms with E-state index in [1.807, 2.05) is 36.2 Å². The first-order valence-electron chi connectivity index (χ1n) is 6.76. The lowest BCUT2D eigenvalue weighted by Crippen LogP contribution is -2.30. The monoisotopic (exact) mass is 262 g/mol. The Morgan fingerprint density at radius 2 is 2.16 bits per heavy atom. The number of likely N-dealkylation sites (tertiary alicyclic amines) is 1. The summed E-state index contributed by atoms with van der Waals surface area (Å²) in [6, 6.07) is 7.69. The number of hydrogen-bond donors (Lipinski definition) is 1. The first-order valence-corrected chi connectivity index (χ1v) is 6.76. The van der Waals surface area contributed by atoms with Crippen molar-refractivity contribution in [2.24, 2.45) is 5.92 Å². The van der Waals surface area contributed by atoms with Gasteiger partial charge in [-0.2, -0.15) is 0 Å². The van der Waals surface area contributed by atoms with Gasteiger partial charge in [0.05, 0.1) is 6.61 Å². The number of methoxy groups -OCH3 is 1. The fourth-order valence-corrected chi connectivity index (χ4v) is 2.57. The summed E-state index contributed by atoms with van der Waals surface area (Å²) in [4.78, 5) is 14.3. The Morgan fingerprint density at radius 1 is 1.42 bits per heavy atom. The molecule has 4 heteroatoms. The molecule has 1 atom stereocenters. The van der Waals surface area contributed by atoms with Crippen LogP contribution in [0.15, 0.2) is 24.3 Å². The Balaban J connectivity index is 1.96. The zero-order chi connectivity index (χ0) is 13.7. The first-order chi connectivity index (χ1) is 9.24. The summed E-state index contributed by atoms with van der Waals surface area (Å²) >= 11 is 0. The van der Waals surface area contributed by atoms with E-state index in [4.69, 9.17) is 4.74 Å². The molecule has 1 heterocycles. The highest BCUT2D eigenvalue weighted by molar-refractivity contribution is 5.94. The number of nitrogens with one attached hydrogen (secondary N) is 1. The highest BCUT2D eigenvalue weighted by Gasteiger charge is 2.26. The quantitative estimate of drug-likeness (QED) is 0.874.